The van der Waals surface area contributed by atoms with Crippen molar-refractivity contribution in [1.29, 1.82) is 0 Å². The van der Waals surface area contributed by atoms with Crippen LogP contribution in [0.5, 0.6) is 0 Å². The summed E-state index contributed by atoms with van der Waals surface area (Å²) in [5.41, 5.74) is 0.0417. The van der Waals surface area contributed by atoms with E-state index in [-0.39, 0.29) is 11.6 Å². The van der Waals surface area contributed by atoms with Crippen molar-refractivity contribution in [2.75, 3.05) is 13.7 Å². The average Bonchev–Trinajstić information content (AvgIpc) is 2.34. The van der Waals surface area contributed by atoms with Gasteiger partial charge in [-0.05, 0) is 34.1 Å². The van der Waals surface area contributed by atoms with Crippen LogP contribution in [0.1, 0.15) is 79.6 Å². The Hall–Kier alpha value is -0.570. The van der Waals surface area contributed by atoms with Gasteiger partial charge in [0.1, 0.15) is 0 Å². The summed E-state index contributed by atoms with van der Waals surface area (Å²) in [4.78, 5) is 10.9. The molecule has 19 heavy (non-hydrogen) atoms. The lowest BCUT2D eigenvalue weighted by atomic mass is 10.1. The van der Waals surface area contributed by atoms with Gasteiger partial charge >= 0.3 is 5.97 Å². The van der Waals surface area contributed by atoms with Gasteiger partial charge in [0.05, 0.1) is 12.2 Å². The van der Waals surface area contributed by atoms with Crippen LogP contribution in [0, 0.1) is 0 Å². The highest BCUT2D eigenvalue weighted by molar-refractivity contribution is 5.69. The lowest BCUT2D eigenvalue weighted by Gasteiger charge is -2.14. The van der Waals surface area contributed by atoms with Gasteiger partial charge in [-0.3, -0.25) is 4.79 Å². The summed E-state index contributed by atoms with van der Waals surface area (Å²) in [6.07, 6.45) is 7.91. The number of hydrogen-bond acceptors (Lipinski definition) is 3. The van der Waals surface area contributed by atoms with E-state index in [2.05, 4.69) is 6.92 Å². The first-order valence-corrected chi connectivity index (χ1v) is 7.58. The zero-order chi connectivity index (χ0) is 15.1. The van der Waals surface area contributed by atoms with Crippen molar-refractivity contribution in [3.63, 3.8) is 0 Å². The summed E-state index contributed by atoms with van der Waals surface area (Å²) in [7, 11) is 1.71. The van der Waals surface area contributed by atoms with Gasteiger partial charge in [0, 0.05) is 13.5 Å². The lowest BCUT2D eigenvalue weighted by molar-refractivity contribution is -0.143. The molecule has 0 N–H and O–H groups in total. The molecule has 0 bridgehead atoms. The second-order valence-corrected chi connectivity index (χ2v) is 5.64. The fraction of sp³-hybridized carbons (Fsp3) is 0.938. The van der Waals surface area contributed by atoms with Crippen molar-refractivity contribution in [1.82, 2.24) is 0 Å². The third-order valence-electron chi connectivity index (χ3n) is 2.65. The lowest BCUT2D eigenvalue weighted by Crippen LogP contribution is -2.15. The maximum absolute atomic E-state index is 10.9. The number of unbranched alkanes of at least 4 members (excludes halogenated alkanes) is 5. The normalized spacial score (nSPS) is 10.6. The number of ether oxygens (including phenoxy) is 2. The van der Waals surface area contributed by atoms with Gasteiger partial charge in [-0.2, -0.15) is 0 Å². The Morgan fingerprint density at radius 2 is 1.42 bits per heavy atom. The van der Waals surface area contributed by atoms with Crippen molar-refractivity contribution in [2.45, 2.75) is 85.2 Å². The van der Waals surface area contributed by atoms with Crippen LogP contribution >= 0.6 is 0 Å². The highest BCUT2D eigenvalue weighted by Crippen LogP contribution is 2.07. The van der Waals surface area contributed by atoms with Crippen LogP contribution in [-0.4, -0.2) is 25.3 Å². The van der Waals surface area contributed by atoms with Crippen LogP contribution in [0.3, 0.4) is 0 Å². The molecule has 0 amide bonds. The summed E-state index contributed by atoms with van der Waals surface area (Å²) in [5.74, 6) is -0.0435. The van der Waals surface area contributed by atoms with E-state index in [1.807, 2.05) is 27.7 Å². The summed E-state index contributed by atoms with van der Waals surface area (Å²) in [5, 5.41) is 0. The molecule has 0 aromatic heterocycles. The van der Waals surface area contributed by atoms with Gasteiger partial charge in [0.15, 0.2) is 0 Å². The standard InChI is InChI=1S/C11H22O2.C5H12O/c1-3-5-6-7-8-9-10-11(12)13-4-2;1-5(2,3)6-4/h3-10H2,1-2H3;1-4H3. The van der Waals surface area contributed by atoms with Crippen LogP contribution in [0.25, 0.3) is 0 Å². The van der Waals surface area contributed by atoms with Crippen molar-refractivity contribution in [2.24, 2.45) is 0 Å². The van der Waals surface area contributed by atoms with E-state index in [1.54, 1.807) is 7.11 Å². The van der Waals surface area contributed by atoms with Crippen LogP contribution in [-0.2, 0) is 14.3 Å². The van der Waals surface area contributed by atoms with E-state index in [1.165, 1.54) is 32.1 Å². The monoisotopic (exact) mass is 274 g/mol. The minimum atomic E-state index is -0.0435. The van der Waals surface area contributed by atoms with Crippen molar-refractivity contribution in [3.8, 4) is 0 Å². The van der Waals surface area contributed by atoms with E-state index in [9.17, 15) is 4.79 Å². The number of hydrogen-bond donors (Lipinski definition) is 0. The molecule has 0 rings (SSSR count). The Kier molecular flexibility index (Phi) is 15.1. The zero-order valence-corrected chi connectivity index (χ0v) is 13.9. The molecule has 116 valence electrons. The maximum atomic E-state index is 10.9. The third kappa shape index (κ3) is 23.0. The van der Waals surface area contributed by atoms with Gasteiger partial charge in [0.2, 0.25) is 0 Å². The van der Waals surface area contributed by atoms with Crippen molar-refractivity contribution < 1.29 is 14.3 Å². The highest BCUT2D eigenvalue weighted by Gasteiger charge is 2.04. The minimum absolute atomic E-state index is 0.0417. The Labute approximate surface area is 120 Å². The summed E-state index contributed by atoms with van der Waals surface area (Å²) in [6, 6.07) is 0. The minimum Gasteiger partial charge on any atom is -0.466 e. The van der Waals surface area contributed by atoms with Gasteiger partial charge in [0.25, 0.3) is 0 Å². The molecular formula is C16H34O3. The van der Waals surface area contributed by atoms with Crippen LogP contribution in [0.2, 0.25) is 0 Å². The molecule has 0 unspecified atom stereocenters. The molecule has 0 spiro atoms. The van der Waals surface area contributed by atoms with E-state index in [4.69, 9.17) is 9.47 Å². The Bertz CT molecular complexity index is 195. The van der Waals surface area contributed by atoms with E-state index in [0.29, 0.717) is 13.0 Å². The maximum Gasteiger partial charge on any atom is 0.305 e. The molecule has 0 aromatic carbocycles. The first kappa shape index (κ1) is 20.7. The first-order valence-electron chi connectivity index (χ1n) is 7.58. The third-order valence-corrected chi connectivity index (χ3v) is 2.65. The molecule has 0 aliphatic carbocycles. The van der Waals surface area contributed by atoms with Gasteiger partial charge in [-0.1, -0.05) is 39.0 Å². The number of rotatable bonds is 8. The summed E-state index contributed by atoms with van der Waals surface area (Å²) >= 11 is 0. The number of carbonyl (C=O) groups is 1. The quantitative estimate of drug-likeness (QED) is 0.474. The molecule has 0 saturated carbocycles. The second kappa shape index (κ2) is 13.9. The predicted molar refractivity (Wildman–Crippen MR) is 81.4 cm³/mol. The Morgan fingerprint density at radius 3 is 1.84 bits per heavy atom. The molecule has 0 aliphatic heterocycles. The smallest absolute Gasteiger partial charge is 0.305 e. The SMILES string of the molecule is CCCCCCCCC(=O)OCC.COC(C)(C)C. The van der Waals surface area contributed by atoms with Crippen LogP contribution in [0.15, 0.2) is 0 Å². The van der Waals surface area contributed by atoms with Crippen molar-refractivity contribution >= 4 is 5.97 Å². The predicted octanol–water partition coefficient (Wildman–Crippen LogP) is 4.73. The summed E-state index contributed by atoms with van der Waals surface area (Å²) in [6.45, 7) is 10.6. The molecule has 0 fully saturated rings. The molecule has 0 saturated heterocycles. The van der Waals surface area contributed by atoms with E-state index >= 15 is 0 Å². The van der Waals surface area contributed by atoms with Crippen LogP contribution < -0.4 is 0 Å². The average molecular weight is 274 g/mol. The number of carbonyl (C=O) groups excluding carboxylic acids is 1. The molecular weight excluding hydrogens is 240 g/mol. The van der Waals surface area contributed by atoms with Crippen LogP contribution in [0.4, 0.5) is 0 Å². The molecule has 0 atom stereocenters. The Balaban J connectivity index is 0. The molecule has 3 nitrogen and oxygen atoms in total. The highest BCUT2D eigenvalue weighted by atomic mass is 16.5. The van der Waals surface area contributed by atoms with Gasteiger partial charge in [-0.25, -0.2) is 0 Å². The zero-order valence-electron chi connectivity index (χ0n) is 13.9. The largest absolute Gasteiger partial charge is 0.466 e. The molecule has 3 heteroatoms. The van der Waals surface area contributed by atoms with Gasteiger partial charge in [-0.15, -0.1) is 0 Å². The van der Waals surface area contributed by atoms with Crippen molar-refractivity contribution in [3.05, 3.63) is 0 Å². The number of methoxy groups -OCH3 is 1. The second-order valence-electron chi connectivity index (χ2n) is 5.64. The summed E-state index contributed by atoms with van der Waals surface area (Å²) < 4.78 is 9.77. The number of esters is 1. The Morgan fingerprint density at radius 1 is 0.947 bits per heavy atom. The molecule has 0 aromatic rings. The first-order chi connectivity index (χ1) is 8.87. The van der Waals surface area contributed by atoms with Gasteiger partial charge < -0.3 is 9.47 Å². The molecule has 0 aliphatic rings. The molecule has 0 heterocycles. The topological polar surface area (TPSA) is 35.5 Å². The molecule has 0 radical (unpaired) electrons. The fourth-order valence-corrected chi connectivity index (χ4v) is 1.28. The van der Waals surface area contributed by atoms with E-state index in [0.717, 1.165) is 6.42 Å². The van der Waals surface area contributed by atoms with E-state index < -0.39 is 0 Å². The fourth-order valence-electron chi connectivity index (χ4n) is 1.28.